The van der Waals surface area contributed by atoms with Crippen molar-refractivity contribution in [3.63, 3.8) is 0 Å². The van der Waals surface area contributed by atoms with Gasteiger partial charge in [-0.1, -0.05) is 18.2 Å². The largest absolute Gasteiger partial charge is 0.289 e. The Morgan fingerprint density at radius 1 is 1.43 bits per heavy atom. The van der Waals surface area contributed by atoms with Crippen molar-refractivity contribution in [2.75, 3.05) is 0 Å². The minimum absolute atomic E-state index is 0.0790. The first-order chi connectivity index (χ1) is 6.70. The van der Waals surface area contributed by atoms with Crippen molar-refractivity contribution >= 4 is 5.78 Å². The van der Waals surface area contributed by atoms with E-state index in [1.165, 1.54) is 0 Å². The fourth-order valence-electron chi connectivity index (χ4n) is 1.12. The molecule has 0 fully saturated rings. The Hall–Kier alpha value is -1.88. The first-order valence-electron chi connectivity index (χ1n) is 4.37. The fourth-order valence-corrected chi connectivity index (χ4v) is 1.12. The monoisotopic (exact) mass is 185 g/mol. The highest BCUT2D eigenvalue weighted by atomic mass is 16.1. The van der Waals surface area contributed by atoms with Gasteiger partial charge in [-0.15, -0.1) is 0 Å². The van der Waals surface area contributed by atoms with Crippen LogP contribution in [0.1, 0.15) is 29.8 Å². The van der Waals surface area contributed by atoms with Gasteiger partial charge in [0.15, 0.2) is 5.78 Å². The summed E-state index contributed by atoms with van der Waals surface area (Å²) in [4.78, 5) is 11.7. The van der Waals surface area contributed by atoms with E-state index < -0.39 is 0 Å². The van der Waals surface area contributed by atoms with Crippen molar-refractivity contribution in [2.45, 2.75) is 13.8 Å². The smallest absolute Gasteiger partial charge is 0.189 e. The summed E-state index contributed by atoms with van der Waals surface area (Å²) in [6.45, 7) is 3.55. The summed E-state index contributed by atoms with van der Waals surface area (Å²) < 4.78 is 0. The van der Waals surface area contributed by atoms with Crippen molar-refractivity contribution in [1.82, 2.24) is 0 Å². The summed E-state index contributed by atoms with van der Waals surface area (Å²) in [5.74, 6) is -0.0790. The van der Waals surface area contributed by atoms with Crippen LogP contribution in [0.4, 0.5) is 0 Å². The lowest BCUT2D eigenvalue weighted by molar-refractivity contribution is 0.103. The normalized spacial score (nSPS) is 10.8. The van der Waals surface area contributed by atoms with Crippen molar-refractivity contribution in [2.24, 2.45) is 0 Å². The molecule has 1 aromatic rings. The van der Waals surface area contributed by atoms with Gasteiger partial charge in [-0.2, -0.15) is 5.26 Å². The van der Waals surface area contributed by atoms with Crippen LogP contribution in [0.25, 0.3) is 0 Å². The molecule has 0 saturated heterocycles. The highest BCUT2D eigenvalue weighted by Crippen LogP contribution is 2.12. The predicted molar refractivity (Wildman–Crippen MR) is 54.9 cm³/mol. The van der Waals surface area contributed by atoms with Gasteiger partial charge in [-0.3, -0.25) is 4.79 Å². The Balaban J connectivity index is 3.21. The summed E-state index contributed by atoms with van der Waals surface area (Å²) >= 11 is 0. The molecular weight excluding hydrogens is 174 g/mol. The molecule has 2 nitrogen and oxygen atoms in total. The van der Waals surface area contributed by atoms with Gasteiger partial charge in [0.25, 0.3) is 0 Å². The molecular formula is C12H11NO. The number of rotatable bonds is 2. The second-order valence-electron chi connectivity index (χ2n) is 2.96. The van der Waals surface area contributed by atoms with Crippen LogP contribution in [-0.4, -0.2) is 5.78 Å². The minimum Gasteiger partial charge on any atom is -0.289 e. The predicted octanol–water partition coefficient (Wildman–Crippen LogP) is 2.71. The number of Topliss-reactive ketones (excluding diaryl/α,β-unsaturated/α-hetero) is 1. The van der Waals surface area contributed by atoms with Gasteiger partial charge in [0, 0.05) is 5.56 Å². The average Bonchev–Trinajstić information content (AvgIpc) is 2.26. The number of hydrogen-bond donors (Lipinski definition) is 0. The van der Waals surface area contributed by atoms with Gasteiger partial charge < -0.3 is 0 Å². The van der Waals surface area contributed by atoms with E-state index in [1.807, 2.05) is 13.0 Å². The molecule has 0 spiro atoms. The number of nitriles is 1. The number of carbonyl (C=O) groups is 1. The number of nitrogens with zero attached hydrogens (tertiary/aromatic N) is 1. The molecule has 0 aliphatic heterocycles. The third kappa shape index (κ3) is 1.89. The lowest BCUT2D eigenvalue weighted by Crippen LogP contribution is -2.02. The molecule has 14 heavy (non-hydrogen) atoms. The van der Waals surface area contributed by atoms with E-state index in [1.54, 1.807) is 37.3 Å². The van der Waals surface area contributed by atoms with Crippen molar-refractivity contribution in [1.29, 1.82) is 5.26 Å². The summed E-state index contributed by atoms with van der Waals surface area (Å²) in [6.07, 6.45) is 1.75. The molecule has 0 saturated carbocycles. The van der Waals surface area contributed by atoms with E-state index in [0.29, 0.717) is 16.7 Å². The van der Waals surface area contributed by atoms with Crippen LogP contribution in [0.3, 0.4) is 0 Å². The summed E-state index contributed by atoms with van der Waals surface area (Å²) in [7, 11) is 0. The summed E-state index contributed by atoms with van der Waals surface area (Å²) in [6, 6.07) is 8.84. The van der Waals surface area contributed by atoms with Crippen LogP contribution in [-0.2, 0) is 0 Å². The molecule has 0 amide bonds. The van der Waals surface area contributed by atoms with E-state index in [9.17, 15) is 4.79 Å². The zero-order chi connectivity index (χ0) is 10.6. The molecule has 0 aromatic heterocycles. The lowest BCUT2D eigenvalue weighted by atomic mass is 10.00. The van der Waals surface area contributed by atoms with Crippen LogP contribution in [0.2, 0.25) is 0 Å². The van der Waals surface area contributed by atoms with Gasteiger partial charge in [0.05, 0.1) is 11.6 Å². The standard InChI is InChI=1S/C12H11NO/c1-3-9(2)12(14)11-7-5-4-6-10(11)8-13/h3-7H,1-2H3/b9-3+. The zero-order valence-corrected chi connectivity index (χ0v) is 8.24. The Kier molecular flexibility index (Phi) is 3.19. The van der Waals surface area contributed by atoms with E-state index in [0.717, 1.165) is 0 Å². The number of allylic oxidation sites excluding steroid dienone is 2. The summed E-state index contributed by atoms with van der Waals surface area (Å²) in [5, 5.41) is 8.80. The molecule has 0 N–H and O–H groups in total. The maximum atomic E-state index is 11.7. The Labute approximate surface area is 83.5 Å². The first-order valence-corrected chi connectivity index (χ1v) is 4.37. The molecule has 1 rings (SSSR count). The third-order valence-corrected chi connectivity index (χ3v) is 2.08. The molecule has 0 unspecified atom stereocenters. The lowest BCUT2D eigenvalue weighted by Gasteiger charge is -2.01. The van der Waals surface area contributed by atoms with Crippen molar-refractivity contribution < 1.29 is 4.79 Å². The van der Waals surface area contributed by atoms with Gasteiger partial charge in [0.2, 0.25) is 0 Å². The maximum Gasteiger partial charge on any atom is 0.189 e. The maximum absolute atomic E-state index is 11.7. The van der Waals surface area contributed by atoms with Gasteiger partial charge in [-0.05, 0) is 31.6 Å². The van der Waals surface area contributed by atoms with Crippen LogP contribution in [0.5, 0.6) is 0 Å². The Morgan fingerprint density at radius 3 is 2.64 bits per heavy atom. The second-order valence-corrected chi connectivity index (χ2v) is 2.96. The van der Waals surface area contributed by atoms with Crippen LogP contribution in [0.15, 0.2) is 35.9 Å². The number of hydrogen-bond acceptors (Lipinski definition) is 2. The SMILES string of the molecule is C/C=C(\C)C(=O)c1ccccc1C#N. The average molecular weight is 185 g/mol. The molecule has 2 heteroatoms. The van der Waals surface area contributed by atoms with Crippen molar-refractivity contribution in [3.05, 3.63) is 47.0 Å². The number of benzene rings is 1. The van der Waals surface area contributed by atoms with Gasteiger partial charge in [-0.25, -0.2) is 0 Å². The van der Waals surface area contributed by atoms with Crippen LogP contribution in [0, 0.1) is 11.3 Å². The third-order valence-electron chi connectivity index (χ3n) is 2.08. The number of carbonyl (C=O) groups excluding carboxylic acids is 1. The topological polar surface area (TPSA) is 40.9 Å². The van der Waals surface area contributed by atoms with Gasteiger partial charge in [0.1, 0.15) is 0 Å². The van der Waals surface area contributed by atoms with Crippen LogP contribution >= 0.6 is 0 Å². The van der Waals surface area contributed by atoms with E-state index >= 15 is 0 Å². The van der Waals surface area contributed by atoms with Crippen LogP contribution < -0.4 is 0 Å². The first kappa shape index (κ1) is 10.2. The molecule has 0 atom stereocenters. The Morgan fingerprint density at radius 2 is 2.07 bits per heavy atom. The molecule has 70 valence electrons. The molecule has 0 aliphatic carbocycles. The Bertz CT molecular complexity index is 424. The molecule has 0 aliphatic rings. The highest BCUT2D eigenvalue weighted by Gasteiger charge is 2.11. The minimum atomic E-state index is -0.0790. The number of ketones is 1. The molecule has 0 heterocycles. The van der Waals surface area contributed by atoms with E-state index in [2.05, 4.69) is 0 Å². The fraction of sp³-hybridized carbons (Fsp3) is 0.167. The van der Waals surface area contributed by atoms with E-state index in [4.69, 9.17) is 5.26 Å². The molecule has 0 radical (unpaired) electrons. The summed E-state index contributed by atoms with van der Waals surface area (Å²) in [5.41, 5.74) is 1.57. The van der Waals surface area contributed by atoms with E-state index in [-0.39, 0.29) is 5.78 Å². The van der Waals surface area contributed by atoms with Crippen molar-refractivity contribution in [3.8, 4) is 6.07 Å². The quantitative estimate of drug-likeness (QED) is 0.525. The zero-order valence-electron chi connectivity index (χ0n) is 8.24. The second kappa shape index (κ2) is 4.38. The highest BCUT2D eigenvalue weighted by molar-refractivity contribution is 6.09. The molecule has 1 aromatic carbocycles. The molecule has 0 bridgehead atoms. The van der Waals surface area contributed by atoms with Gasteiger partial charge >= 0.3 is 0 Å².